The van der Waals surface area contributed by atoms with Crippen LogP contribution in [0.5, 0.6) is 5.88 Å². The zero-order valence-corrected chi connectivity index (χ0v) is 22.4. The molecule has 8 heteroatoms. The van der Waals surface area contributed by atoms with E-state index in [0.29, 0.717) is 24.0 Å². The van der Waals surface area contributed by atoms with E-state index < -0.39 is 0 Å². The normalized spacial score (nSPS) is 26.1. The van der Waals surface area contributed by atoms with Gasteiger partial charge in [0.05, 0.1) is 31.3 Å². The highest BCUT2D eigenvalue weighted by molar-refractivity contribution is 5.88. The standard InChI is InChI=1S/C29H39N5O3/c1-32(2)29(23-10-5-4-6-11-23)14-12-28(13-15-29)20-33(27(36)34(28)18-22-8-7-9-22)19-25(35)16-24-17-26(37-3)31-21-30-24/h4-6,10-11,17,21-22H,7-9,12-16,18-20H2,1-3H3. The zero-order chi connectivity index (χ0) is 26.0. The van der Waals surface area contributed by atoms with Crippen molar-refractivity contribution in [3.63, 3.8) is 0 Å². The molecule has 0 unspecified atom stereocenters. The highest BCUT2D eigenvalue weighted by Crippen LogP contribution is 2.49. The number of nitrogens with zero attached hydrogens (tertiary/aromatic N) is 5. The summed E-state index contributed by atoms with van der Waals surface area (Å²) in [7, 11) is 5.88. The molecule has 3 aliphatic rings. The lowest BCUT2D eigenvalue weighted by atomic mass is 9.68. The first-order valence-electron chi connectivity index (χ1n) is 13.5. The summed E-state index contributed by atoms with van der Waals surface area (Å²) in [5, 5.41) is 0. The highest BCUT2D eigenvalue weighted by Gasteiger charge is 2.55. The van der Waals surface area contributed by atoms with Crippen molar-refractivity contribution >= 4 is 11.8 Å². The lowest BCUT2D eigenvalue weighted by molar-refractivity contribution is -0.119. The van der Waals surface area contributed by atoms with Gasteiger partial charge in [0.25, 0.3) is 0 Å². The molecule has 2 saturated carbocycles. The number of hydrogen-bond donors (Lipinski definition) is 0. The van der Waals surface area contributed by atoms with E-state index in [1.807, 2.05) is 0 Å². The van der Waals surface area contributed by atoms with Crippen LogP contribution in [0.25, 0.3) is 0 Å². The molecule has 2 heterocycles. The van der Waals surface area contributed by atoms with E-state index in [1.165, 1.54) is 31.2 Å². The predicted octanol–water partition coefficient (Wildman–Crippen LogP) is 3.90. The average Bonchev–Trinajstić information content (AvgIpc) is 3.12. The topological polar surface area (TPSA) is 78.9 Å². The van der Waals surface area contributed by atoms with Crippen LogP contribution in [0.4, 0.5) is 4.79 Å². The van der Waals surface area contributed by atoms with Gasteiger partial charge in [-0.1, -0.05) is 36.8 Å². The van der Waals surface area contributed by atoms with E-state index in [0.717, 1.165) is 32.2 Å². The fourth-order valence-electron chi connectivity index (χ4n) is 6.57. The molecule has 8 nitrogen and oxygen atoms in total. The molecule has 0 N–H and O–H groups in total. The molecule has 2 aromatic rings. The summed E-state index contributed by atoms with van der Waals surface area (Å²) in [4.78, 5) is 41.3. The van der Waals surface area contributed by atoms with Crippen LogP contribution < -0.4 is 4.74 Å². The highest BCUT2D eigenvalue weighted by atomic mass is 16.5. The van der Waals surface area contributed by atoms with Gasteiger partial charge in [-0.2, -0.15) is 0 Å². The van der Waals surface area contributed by atoms with Crippen molar-refractivity contribution in [1.82, 2.24) is 24.7 Å². The van der Waals surface area contributed by atoms with E-state index in [4.69, 9.17) is 4.74 Å². The Hall–Kier alpha value is -3.00. The Labute approximate surface area is 220 Å². The fraction of sp³-hybridized carbons (Fsp3) is 0.586. The van der Waals surface area contributed by atoms with Gasteiger partial charge in [-0.05, 0) is 64.1 Å². The van der Waals surface area contributed by atoms with E-state index in [2.05, 4.69) is 64.2 Å². The fourth-order valence-corrected chi connectivity index (χ4v) is 6.57. The third kappa shape index (κ3) is 4.96. The first-order valence-corrected chi connectivity index (χ1v) is 13.5. The number of urea groups is 1. The van der Waals surface area contributed by atoms with Crippen molar-refractivity contribution < 1.29 is 14.3 Å². The van der Waals surface area contributed by atoms with Crippen LogP contribution in [0.1, 0.15) is 56.2 Å². The minimum absolute atomic E-state index is 0.0162. The van der Waals surface area contributed by atoms with Crippen LogP contribution in [-0.4, -0.2) is 82.9 Å². The molecule has 0 atom stereocenters. The zero-order valence-electron chi connectivity index (χ0n) is 22.4. The van der Waals surface area contributed by atoms with Crippen molar-refractivity contribution in [2.45, 2.75) is 62.4 Å². The molecule has 2 aliphatic carbocycles. The molecule has 37 heavy (non-hydrogen) atoms. The second kappa shape index (κ2) is 10.4. The first-order chi connectivity index (χ1) is 17.8. The second-order valence-electron chi connectivity index (χ2n) is 11.3. The Bertz CT molecular complexity index is 1110. The van der Waals surface area contributed by atoms with Gasteiger partial charge in [0.2, 0.25) is 5.88 Å². The van der Waals surface area contributed by atoms with Gasteiger partial charge in [0.1, 0.15) is 6.33 Å². The predicted molar refractivity (Wildman–Crippen MR) is 141 cm³/mol. The van der Waals surface area contributed by atoms with Crippen LogP contribution in [0, 0.1) is 5.92 Å². The maximum Gasteiger partial charge on any atom is 0.321 e. The molecule has 1 aromatic heterocycles. The molecule has 1 saturated heterocycles. The number of amides is 2. The maximum absolute atomic E-state index is 13.8. The number of carbonyl (C=O) groups excluding carboxylic acids is 2. The van der Waals surface area contributed by atoms with Crippen LogP contribution in [0.3, 0.4) is 0 Å². The number of hydrogen-bond acceptors (Lipinski definition) is 6. The lowest BCUT2D eigenvalue weighted by Crippen LogP contribution is -2.56. The summed E-state index contributed by atoms with van der Waals surface area (Å²) in [6.07, 6.45) is 9.06. The summed E-state index contributed by atoms with van der Waals surface area (Å²) in [6.45, 7) is 1.55. The molecule has 1 aromatic carbocycles. The van der Waals surface area contributed by atoms with Gasteiger partial charge in [0, 0.05) is 24.7 Å². The molecule has 1 aliphatic heterocycles. The SMILES string of the molecule is COc1cc(CC(=O)CN2CC3(CCC(c4ccccc4)(N(C)C)CC3)N(CC3CCC3)C2=O)ncn1. The Morgan fingerprint density at radius 3 is 2.46 bits per heavy atom. The van der Waals surface area contributed by atoms with E-state index in [1.54, 1.807) is 18.1 Å². The molecule has 3 fully saturated rings. The van der Waals surface area contributed by atoms with Crippen LogP contribution in [0.2, 0.25) is 0 Å². The average molecular weight is 506 g/mol. The van der Waals surface area contributed by atoms with Gasteiger partial charge in [-0.25, -0.2) is 14.8 Å². The van der Waals surface area contributed by atoms with Crippen molar-refractivity contribution in [3.8, 4) is 5.88 Å². The maximum atomic E-state index is 13.8. The minimum Gasteiger partial charge on any atom is -0.481 e. The van der Waals surface area contributed by atoms with Crippen LogP contribution in [-0.2, 0) is 16.8 Å². The Balaban J connectivity index is 1.33. The number of benzene rings is 1. The molecule has 1 spiro atoms. The smallest absolute Gasteiger partial charge is 0.321 e. The summed E-state index contributed by atoms with van der Waals surface area (Å²) >= 11 is 0. The summed E-state index contributed by atoms with van der Waals surface area (Å²) in [6, 6.07) is 12.5. The Morgan fingerprint density at radius 2 is 1.84 bits per heavy atom. The Kier molecular flexibility index (Phi) is 7.21. The Morgan fingerprint density at radius 1 is 1.11 bits per heavy atom. The number of methoxy groups -OCH3 is 1. The molecule has 5 rings (SSSR count). The number of Topliss-reactive ketones (excluding diaryl/α,β-unsaturated/α-hetero) is 1. The minimum atomic E-state index is -0.209. The van der Waals surface area contributed by atoms with Crippen LogP contribution >= 0.6 is 0 Å². The van der Waals surface area contributed by atoms with Gasteiger partial charge < -0.3 is 14.5 Å². The third-order valence-electron chi connectivity index (χ3n) is 9.05. The van der Waals surface area contributed by atoms with Gasteiger partial charge >= 0.3 is 6.03 Å². The summed E-state index contributed by atoms with van der Waals surface area (Å²) < 4.78 is 5.16. The molecular weight excluding hydrogens is 466 g/mol. The van der Waals surface area contributed by atoms with Crippen molar-refractivity contribution in [2.75, 3.05) is 40.8 Å². The summed E-state index contributed by atoms with van der Waals surface area (Å²) in [5.41, 5.74) is 1.71. The molecular formula is C29H39N5O3. The number of aromatic nitrogens is 2. The lowest BCUT2D eigenvalue weighted by Gasteiger charge is -2.51. The third-order valence-corrected chi connectivity index (χ3v) is 9.05. The van der Waals surface area contributed by atoms with Gasteiger partial charge in [0.15, 0.2) is 5.78 Å². The molecule has 198 valence electrons. The first kappa shape index (κ1) is 25.6. The number of rotatable bonds is 9. The summed E-state index contributed by atoms with van der Waals surface area (Å²) in [5.74, 6) is 1.00. The monoisotopic (exact) mass is 505 g/mol. The van der Waals surface area contributed by atoms with Crippen molar-refractivity contribution in [1.29, 1.82) is 0 Å². The van der Waals surface area contributed by atoms with Gasteiger partial charge in [-0.15, -0.1) is 0 Å². The molecule has 0 bridgehead atoms. The quantitative estimate of drug-likeness (QED) is 0.514. The van der Waals surface area contributed by atoms with Crippen molar-refractivity contribution in [3.05, 3.63) is 54.0 Å². The van der Waals surface area contributed by atoms with Crippen molar-refractivity contribution in [2.24, 2.45) is 5.92 Å². The molecule has 2 amide bonds. The second-order valence-corrected chi connectivity index (χ2v) is 11.3. The van der Waals surface area contributed by atoms with E-state index in [9.17, 15) is 9.59 Å². The van der Waals surface area contributed by atoms with E-state index >= 15 is 0 Å². The number of ether oxygens (including phenoxy) is 1. The largest absolute Gasteiger partial charge is 0.481 e. The van der Waals surface area contributed by atoms with Crippen LogP contribution in [0.15, 0.2) is 42.7 Å². The van der Waals surface area contributed by atoms with E-state index in [-0.39, 0.29) is 35.9 Å². The van der Waals surface area contributed by atoms with Gasteiger partial charge in [-0.3, -0.25) is 9.69 Å². The molecule has 0 radical (unpaired) electrons. The number of carbonyl (C=O) groups is 2. The number of ketones is 1.